The Balaban J connectivity index is 1.84. The zero-order valence-corrected chi connectivity index (χ0v) is 17.5. The molecule has 1 atom stereocenters. The first-order chi connectivity index (χ1) is 13.5. The number of carbonyl (C=O) groups is 1. The fraction of sp³-hybridized carbons (Fsp3) is 0.300. The number of amides is 1. The standard InChI is InChI=1S/C20H25BrN4O3/c1-3-22-20(23-12-14(2)28-18-7-5-4-6-17(18)21)24-13-19(27)25-15-8-10-16(26)11-9-15/h4-11,14,26H,3,12-13H2,1-2H3,(H,25,27)(H2,22,23,24). The van der Waals surface area contributed by atoms with E-state index in [0.717, 1.165) is 10.2 Å². The third-order valence-electron chi connectivity index (χ3n) is 3.60. The fourth-order valence-corrected chi connectivity index (χ4v) is 2.66. The summed E-state index contributed by atoms with van der Waals surface area (Å²) in [5.41, 5.74) is 0.603. The van der Waals surface area contributed by atoms with Crippen LogP contribution in [-0.4, -0.2) is 42.7 Å². The number of rotatable bonds is 8. The molecular weight excluding hydrogens is 424 g/mol. The second-order valence-corrected chi connectivity index (χ2v) is 6.88. The molecule has 0 aliphatic carbocycles. The molecule has 2 aromatic carbocycles. The van der Waals surface area contributed by atoms with Crippen molar-refractivity contribution in [1.29, 1.82) is 0 Å². The predicted octanol–water partition coefficient (Wildman–Crippen LogP) is 3.12. The maximum Gasteiger partial charge on any atom is 0.246 e. The number of halogens is 1. The van der Waals surface area contributed by atoms with Crippen LogP contribution in [0.25, 0.3) is 0 Å². The average molecular weight is 449 g/mol. The number of ether oxygens (including phenoxy) is 1. The SMILES string of the molecule is CCNC(=NCC(=O)Nc1ccc(O)cc1)NCC(C)Oc1ccccc1Br. The molecule has 0 saturated heterocycles. The summed E-state index contributed by atoms with van der Waals surface area (Å²) in [5.74, 6) is 1.20. The van der Waals surface area contributed by atoms with Crippen molar-refractivity contribution >= 4 is 33.5 Å². The summed E-state index contributed by atoms with van der Waals surface area (Å²) in [4.78, 5) is 16.3. The largest absolute Gasteiger partial charge is 0.508 e. The monoisotopic (exact) mass is 448 g/mol. The first-order valence-corrected chi connectivity index (χ1v) is 9.79. The van der Waals surface area contributed by atoms with Crippen LogP contribution in [-0.2, 0) is 4.79 Å². The summed E-state index contributed by atoms with van der Waals surface area (Å²) >= 11 is 3.46. The molecule has 0 aromatic heterocycles. The maximum absolute atomic E-state index is 12.1. The number of aromatic hydroxyl groups is 1. The number of hydrogen-bond acceptors (Lipinski definition) is 4. The highest BCUT2D eigenvalue weighted by atomic mass is 79.9. The third-order valence-corrected chi connectivity index (χ3v) is 4.25. The van der Waals surface area contributed by atoms with Crippen molar-refractivity contribution in [2.75, 3.05) is 25.0 Å². The van der Waals surface area contributed by atoms with Crippen molar-refractivity contribution in [2.24, 2.45) is 4.99 Å². The molecule has 1 unspecified atom stereocenters. The zero-order chi connectivity index (χ0) is 20.4. The number of nitrogens with one attached hydrogen (secondary N) is 3. The molecule has 0 heterocycles. The molecule has 150 valence electrons. The van der Waals surface area contributed by atoms with Crippen LogP contribution < -0.4 is 20.7 Å². The molecule has 7 nitrogen and oxygen atoms in total. The van der Waals surface area contributed by atoms with Gasteiger partial charge in [-0.1, -0.05) is 12.1 Å². The van der Waals surface area contributed by atoms with Crippen molar-refractivity contribution in [3.8, 4) is 11.5 Å². The van der Waals surface area contributed by atoms with Gasteiger partial charge in [0.2, 0.25) is 5.91 Å². The van der Waals surface area contributed by atoms with E-state index in [1.807, 2.05) is 38.1 Å². The van der Waals surface area contributed by atoms with E-state index in [1.54, 1.807) is 12.1 Å². The van der Waals surface area contributed by atoms with Crippen molar-refractivity contribution < 1.29 is 14.6 Å². The lowest BCUT2D eigenvalue weighted by Crippen LogP contribution is -2.42. The summed E-state index contributed by atoms with van der Waals surface area (Å²) in [5, 5.41) is 18.3. The smallest absolute Gasteiger partial charge is 0.246 e. The van der Waals surface area contributed by atoms with Gasteiger partial charge in [0.15, 0.2) is 5.96 Å². The molecule has 28 heavy (non-hydrogen) atoms. The van der Waals surface area contributed by atoms with Gasteiger partial charge in [-0.05, 0) is 66.2 Å². The molecule has 1 amide bonds. The number of anilines is 1. The van der Waals surface area contributed by atoms with Gasteiger partial charge in [0.1, 0.15) is 24.1 Å². The highest BCUT2D eigenvalue weighted by Gasteiger charge is 2.08. The number of hydrogen-bond donors (Lipinski definition) is 4. The van der Waals surface area contributed by atoms with Gasteiger partial charge in [-0.15, -0.1) is 0 Å². The molecule has 8 heteroatoms. The van der Waals surface area contributed by atoms with E-state index in [2.05, 4.69) is 36.9 Å². The molecule has 4 N–H and O–H groups in total. The normalized spacial score (nSPS) is 12.2. The van der Waals surface area contributed by atoms with E-state index >= 15 is 0 Å². The summed E-state index contributed by atoms with van der Waals surface area (Å²) < 4.78 is 6.79. The maximum atomic E-state index is 12.1. The van der Waals surface area contributed by atoms with Crippen molar-refractivity contribution in [1.82, 2.24) is 10.6 Å². The number of aliphatic imine (C=N–C) groups is 1. The number of phenolic OH excluding ortho intramolecular Hbond substituents is 1. The number of nitrogens with zero attached hydrogens (tertiary/aromatic N) is 1. The number of phenols is 1. The summed E-state index contributed by atoms with van der Waals surface area (Å²) in [6, 6.07) is 13.9. The van der Waals surface area contributed by atoms with Crippen LogP contribution in [0.15, 0.2) is 58.0 Å². The highest BCUT2D eigenvalue weighted by molar-refractivity contribution is 9.10. The summed E-state index contributed by atoms with van der Waals surface area (Å²) in [7, 11) is 0. The van der Waals surface area contributed by atoms with E-state index in [0.29, 0.717) is 24.7 Å². The minimum absolute atomic E-state index is 0.0321. The van der Waals surface area contributed by atoms with Crippen LogP contribution >= 0.6 is 15.9 Å². The van der Waals surface area contributed by atoms with Crippen LogP contribution in [0.5, 0.6) is 11.5 Å². The van der Waals surface area contributed by atoms with Gasteiger partial charge in [0, 0.05) is 12.2 Å². The van der Waals surface area contributed by atoms with Gasteiger partial charge in [0.25, 0.3) is 0 Å². The molecule has 2 rings (SSSR count). The van der Waals surface area contributed by atoms with Crippen molar-refractivity contribution in [3.05, 3.63) is 53.0 Å². The molecule has 0 aliphatic rings. The van der Waals surface area contributed by atoms with Crippen LogP contribution in [0.2, 0.25) is 0 Å². The van der Waals surface area contributed by atoms with Crippen LogP contribution in [0.3, 0.4) is 0 Å². The minimum Gasteiger partial charge on any atom is -0.508 e. The lowest BCUT2D eigenvalue weighted by Gasteiger charge is -2.18. The number of carbonyl (C=O) groups excluding carboxylic acids is 1. The highest BCUT2D eigenvalue weighted by Crippen LogP contribution is 2.24. The van der Waals surface area contributed by atoms with Crippen LogP contribution in [0.4, 0.5) is 5.69 Å². The zero-order valence-electron chi connectivity index (χ0n) is 15.9. The van der Waals surface area contributed by atoms with Gasteiger partial charge >= 0.3 is 0 Å². The Morgan fingerprint density at radius 3 is 2.57 bits per heavy atom. The van der Waals surface area contributed by atoms with Crippen molar-refractivity contribution in [2.45, 2.75) is 20.0 Å². The van der Waals surface area contributed by atoms with Gasteiger partial charge in [-0.3, -0.25) is 4.79 Å². The van der Waals surface area contributed by atoms with Gasteiger partial charge in [-0.25, -0.2) is 4.99 Å². The van der Waals surface area contributed by atoms with Gasteiger partial charge in [0.05, 0.1) is 11.0 Å². The molecule has 0 bridgehead atoms. The Kier molecular flexibility index (Phi) is 8.61. The number of benzene rings is 2. The minimum atomic E-state index is -0.250. The van der Waals surface area contributed by atoms with E-state index < -0.39 is 0 Å². The van der Waals surface area contributed by atoms with E-state index in [-0.39, 0.29) is 24.3 Å². The molecule has 0 radical (unpaired) electrons. The summed E-state index contributed by atoms with van der Waals surface area (Å²) in [6.45, 7) is 5.07. The van der Waals surface area contributed by atoms with Gasteiger partial charge < -0.3 is 25.8 Å². The third kappa shape index (κ3) is 7.48. The number of para-hydroxylation sites is 1. The van der Waals surface area contributed by atoms with E-state index in [9.17, 15) is 9.90 Å². The molecule has 0 spiro atoms. The predicted molar refractivity (Wildman–Crippen MR) is 115 cm³/mol. The molecular formula is C20H25BrN4O3. The Morgan fingerprint density at radius 1 is 1.18 bits per heavy atom. The Morgan fingerprint density at radius 2 is 1.89 bits per heavy atom. The molecule has 0 fully saturated rings. The first kappa shape index (κ1) is 21.6. The quantitative estimate of drug-likeness (QED) is 0.282. The average Bonchev–Trinajstić information content (AvgIpc) is 2.67. The Bertz CT molecular complexity index is 796. The van der Waals surface area contributed by atoms with Crippen molar-refractivity contribution in [3.63, 3.8) is 0 Å². The molecule has 0 aliphatic heterocycles. The Labute approximate surface area is 173 Å². The fourth-order valence-electron chi connectivity index (χ4n) is 2.28. The lowest BCUT2D eigenvalue weighted by molar-refractivity contribution is -0.114. The summed E-state index contributed by atoms with van der Waals surface area (Å²) in [6.07, 6.45) is -0.103. The molecule has 0 saturated carbocycles. The first-order valence-electron chi connectivity index (χ1n) is 9.00. The van der Waals surface area contributed by atoms with Gasteiger partial charge in [-0.2, -0.15) is 0 Å². The van der Waals surface area contributed by atoms with Crippen LogP contribution in [0, 0.1) is 0 Å². The molecule has 2 aromatic rings. The number of guanidine groups is 1. The van der Waals surface area contributed by atoms with E-state index in [1.165, 1.54) is 12.1 Å². The second-order valence-electron chi connectivity index (χ2n) is 6.03. The van der Waals surface area contributed by atoms with E-state index in [4.69, 9.17) is 4.74 Å². The lowest BCUT2D eigenvalue weighted by atomic mass is 10.3. The Hall–Kier alpha value is -2.74. The van der Waals surface area contributed by atoms with Crippen LogP contribution in [0.1, 0.15) is 13.8 Å². The topological polar surface area (TPSA) is 95.0 Å². The second kappa shape index (κ2) is 11.2.